The molecular weight excluding hydrogens is 458 g/mol. The maximum atomic E-state index is 13.2. The number of benzene rings is 1. The van der Waals surface area contributed by atoms with Crippen LogP contribution in [0.15, 0.2) is 53.6 Å². The highest BCUT2D eigenvalue weighted by Gasteiger charge is 2.83. The molecule has 4 aliphatic rings. The number of nitrogens with two attached hydrogens (primary N) is 1. The molecule has 2 fully saturated rings. The molecule has 8 atom stereocenters. The maximum absolute atomic E-state index is 13.2. The highest BCUT2D eigenvalue weighted by atomic mass is 16.6. The van der Waals surface area contributed by atoms with Crippen molar-refractivity contribution in [2.24, 2.45) is 34.8 Å². The third-order valence-corrected chi connectivity index (χ3v) is 9.76. The van der Waals surface area contributed by atoms with Crippen LogP contribution in [0.1, 0.15) is 46.1 Å². The van der Waals surface area contributed by atoms with Crippen molar-refractivity contribution >= 4 is 11.8 Å². The van der Waals surface area contributed by atoms with Gasteiger partial charge >= 0.3 is 5.97 Å². The summed E-state index contributed by atoms with van der Waals surface area (Å²) >= 11 is 0. The number of esters is 1. The first kappa shape index (κ1) is 25.3. The molecule has 7 nitrogen and oxygen atoms in total. The number of hydrogen-bond acceptors (Lipinski definition) is 7. The molecule has 0 radical (unpaired) electrons. The average Bonchev–Trinajstić information content (AvgIpc) is 3.23. The van der Waals surface area contributed by atoms with Gasteiger partial charge in [0, 0.05) is 29.6 Å². The molecule has 36 heavy (non-hydrogen) atoms. The largest absolute Gasteiger partial charge is 0.457 e. The van der Waals surface area contributed by atoms with E-state index in [0.29, 0.717) is 24.0 Å². The zero-order chi connectivity index (χ0) is 26.3. The number of carbonyl (C=O) groups excluding carboxylic acids is 2. The quantitative estimate of drug-likeness (QED) is 0.363. The Bertz CT molecular complexity index is 1160. The van der Waals surface area contributed by atoms with E-state index in [1.807, 2.05) is 57.2 Å². The van der Waals surface area contributed by atoms with Gasteiger partial charge in [-0.1, -0.05) is 63.3 Å². The van der Waals surface area contributed by atoms with Crippen LogP contribution in [-0.2, 0) is 20.7 Å². The van der Waals surface area contributed by atoms with E-state index in [1.165, 1.54) is 0 Å². The van der Waals surface area contributed by atoms with E-state index in [2.05, 4.69) is 0 Å². The number of rotatable bonds is 5. The number of hydrogen-bond donors (Lipinski definition) is 4. The van der Waals surface area contributed by atoms with E-state index < -0.39 is 57.8 Å². The fourth-order valence-electron chi connectivity index (χ4n) is 7.80. The monoisotopic (exact) mass is 495 g/mol. The first-order valence-corrected chi connectivity index (χ1v) is 12.8. The molecule has 0 bridgehead atoms. The molecule has 1 aromatic rings. The predicted octanol–water partition coefficient (Wildman–Crippen LogP) is 2.08. The molecule has 5 rings (SSSR count). The molecule has 7 heteroatoms. The first-order valence-electron chi connectivity index (χ1n) is 12.8. The van der Waals surface area contributed by atoms with Crippen molar-refractivity contribution in [3.63, 3.8) is 0 Å². The first-order chi connectivity index (χ1) is 16.8. The van der Waals surface area contributed by atoms with E-state index in [4.69, 9.17) is 10.5 Å². The average molecular weight is 496 g/mol. The third kappa shape index (κ3) is 3.26. The summed E-state index contributed by atoms with van der Waals surface area (Å²) in [5, 5.41) is 34.1. The standard InChI is InChI=1S/C29H37NO6/c1-16-10-22-27(34,24(16)32)14-19(15-31)11-20-23-26(3,4)28(23,13-17(2)29(20,22)35)36-25(33)21(30)12-18-8-6-5-7-9-18/h5-11,17,20-23,31,34-35H,12-15,30H2,1-4H3/t17-,20+,21-,22-,23-,27-,28+,29-/m1/s1. The summed E-state index contributed by atoms with van der Waals surface area (Å²) in [6.07, 6.45) is 4.24. The number of ketones is 1. The topological polar surface area (TPSA) is 130 Å². The molecule has 194 valence electrons. The summed E-state index contributed by atoms with van der Waals surface area (Å²) in [6.45, 7) is 7.27. The third-order valence-electron chi connectivity index (χ3n) is 9.76. The second kappa shape index (κ2) is 8.09. The Hall–Kier alpha value is -2.32. The second-order valence-corrected chi connectivity index (χ2v) is 12.1. The highest BCUT2D eigenvalue weighted by molar-refractivity contribution is 6.04. The van der Waals surface area contributed by atoms with E-state index >= 15 is 0 Å². The Balaban J connectivity index is 1.50. The summed E-state index contributed by atoms with van der Waals surface area (Å²) in [4.78, 5) is 26.3. The summed E-state index contributed by atoms with van der Waals surface area (Å²) in [6, 6.07) is 8.73. The van der Waals surface area contributed by atoms with Gasteiger partial charge in [-0.3, -0.25) is 9.59 Å². The van der Waals surface area contributed by atoms with Crippen LogP contribution in [0.4, 0.5) is 0 Å². The molecular formula is C29H37NO6. The van der Waals surface area contributed by atoms with Gasteiger partial charge in [0.1, 0.15) is 17.2 Å². The minimum absolute atomic E-state index is 0.0335. The predicted molar refractivity (Wildman–Crippen MR) is 133 cm³/mol. The Morgan fingerprint density at radius 2 is 1.86 bits per heavy atom. The van der Waals surface area contributed by atoms with Gasteiger partial charge in [0.15, 0.2) is 5.78 Å². The van der Waals surface area contributed by atoms with Gasteiger partial charge in [-0.2, -0.15) is 0 Å². The van der Waals surface area contributed by atoms with Crippen molar-refractivity contribution in [2.45, 2.75) is 69.8 Å². The number of aliphatic hydroxyl groups is 3. The van der Waals surface area contributed by atoms with Gasteiger partial charge in [0.25, 0.3) is 0 Å². The fourth-order valence-corrected chi connectivity index (χ4v) is 7.80. The van der Waals surface area contributed by atoms with Gasteiger partial charge in [-0.25, -0.2) is 0 Å². The Labute approximate surface area is 212 Å². The fraction of sp³-hybridized carbons (Fsp3) is 0.586. The molecule has 0 spiro atoms. The molecule has 0 heterocycles. The zero-order valence-electron chi connectivity index (χ0n) is 21.4. The van der Waals surface area contributed by atoms with E-state index in [9.17, 15) is 24.9 Å². The summed E-state index contributed by atoms with van der Waals surface area (Å²) in [5.41, 5.74) is 3.59. The molecule has 0 amide bonds. The smallest absolute Gasteiger partial charge is 0.323 e. The van der Waals surface area contributed by atoms with Crippen LogP contribution >= 0.6 is 0 Å². The van der Waals surface area contributed by atoms with E-state index in [0.717, 1.165) is 5.56 Å². The number of carbonyl (C=O) groups is 2. The van der Waals surface area contributed by atoms with Crippen molar-refractivity contribution in [2.75, 3.05) is 6.61 Å². The summed E-state index contributed by atoms with van der Waals surface area (Å²) < 4.78 is 6.24. The van der Waals surface area contributed by atoms with Gasteiger partial charge in [-0.05, 0) is 42.4 Å². The van der Waals surface area contributed by atoms with Crippen LogP contribution < -0.4 is 5.73 Å². The minimum atomic E-state index is -1.80. The van der Waals surface area contributed by atoms with Crippen LogP contribution in [0, 0.1) is 29.1 Å². The van der Waals surface area contributed by atoms with Crippen molar-refractivity contribution < 1.29 is 29.6 Å². The second-order valence-electron chi connectivity index (χ2n) is 12.1. The lowest BCUT2D eigenvalue weighted by Crippen LogP contribution is -2.61. The lowest BCUT2D eigenvalue weighted by atomic mass is 9.60. The molecule has 0 saturated heterocycles. The number of ether oxygens (including phenoxy) is 1. The van der Waals surface area contributed by atoms with Crippen LogP contribution in [-0.4, -0.2) is 56.5 Å². The molecule has 5 N–H and O–H groups in total. The molecule has 1 aromatic carbocycles. The van der Waals surface area contributed by atoms with Crippen LogP contribution in [0.2, 0.25) is 0 Å². The number of fused-ring (bicyclic) bond motifs is 5. The van der Waals surface area contributed by atoms with Crippen LogP contribution in [0.25, 0.3) is 0 Å². The van der Waals surface area contributed by atoms with E-state index in [-0.39, 0.29) is 18.9 Å². The van der Waals surface area contributed by atoms with Gasteiger partial charge in [0.2, 0.25) is 0 Å². The Morgan fingerprint density at radius 3 is 2.50 bits per heavy atom. The highest BCUT2D eigenvalue weighted by Crippen LogP contribution is 2.76. The molecule has 2 saturated carbocycles. The lowest BCUT2D eigenvalue weighted by Gasteiger charge is -2.50. The van der Waals surface area contributed by atoms with Gasteiger partial charge < -0.3 is 25.8 Å². The molecule has 0 unspecified atom stereocenters. The van der Waals surface area contributed by atoms with Crippen molar-refractivity contribution in [1.82, 2.24) is 0 Å². The molecule has 4 aliphatic carbocycles. The van der Waals surface area contributed by atoms with Gasteiger partial charge in [0.05, 0.1) is 12.2 Å². The zero-order valence-corrected chi connectivity index (χ0v) is 21.4. The summed E-state index contributed by atoms with van der Waals surface area (Å²) in [5.74, 6) is -2.88. The van der Waals surface area contributed by atoms with Crippen LogP contribution in [0.5, 0.6) is 0 Å². The van der Waals surface area contributed by atoms with Crippen molar-refractivity contribution in [3.05, 3.63) is 59.2 Å². The van der Waals surface area contributed by atoms with Gasteiger partial charge in [-0.15, -0.1) is 0 Å². The van der Waals surface area contributed by atoms with Crippen molar-refractivity contribution in [1.29, 1.82) is 0 Å². The molecule has 0 aliphatic heterocycles. The lowest BCUT2D eigenvalue weighted by molar-refractivity contribution is -0.187. The maximum Gasteiger partial charge on any atom is 0.323 e. The SMILES string of the molecule is CC1=C[C@H]2[C@@]3(O)[C@H](C)C[C@]4(OC(=O)[C@H](N)Cc5ccccc5)[C@H]([C@@H]3C=C(CO)C[C@]2(O)C1=O)C4(C)C. The van der Waals surface area contributed by atoms with Crippen LogP contribution in [0.3, 0.4) is 0 Å². The number of aliphatic hydroxyl groups excluding tert-OH is 1. The molecule has 0 aromatic heterocycles. The minimum Gasteiger partial charge on any atom is -0.457 e. The summed E-state index contributed by atoms with van der Waals surface area (Å²) in [7, 11) is 0. The van der Waals surface area contributed by atoms with Crippen molar-refractivity contribution in [3.8, 4) is 0 Å². The Kier molecular flexibility index (Phi) is 5.69. The Morgan fingerprint density at radius 1 is 1.19 bits per heavy atom. The normalized spacial score (nSPS) is 41.2. The number of Topliss-reactive ketones (excluding diaryl/α,β-unsaturated/α-hetero) is 1. The van der Waals surface area contributed by atoms with E-state index in [1.54, 1.807) is 13.0 Å².